The molecule has 0 unspecified atom stereocenters. The summed E-state index contributed by atoms with van der Waals surface area (Å²) in [6, 6.07) is 11.2. The van der Waals surface area contributed by atoms with Crippen LogP contribution in [0, 0.1) is 0 Å². The van der Waals surface area contributed by atoms with E-state index in [-0.39, 0.29) is 11.7 Å². The van der Waals surface area contributed by atoms with Gasteiger partial charge in [0, 0.05) is 55.0 Å². The predicted octanol–water partition coefficient (Wildman–Crippen LogP) is 3.98. The van der Waals surface area contributed by atoms with E-state index < -0.39 is 9.84 Å². The third kappa shape index (κ3) is 3.33. The van der Waals surface area contributed by atoms with Crippen LogP contribution in [0.2, 0.25) is 0 Å². The summed E-state index contributed by atoms with van der Waals surface area (Å²) < 4.78 is 26.3. The number of hydrogen-bond donors (Lipinski definition) is 1. The number of pyridine rings is 2. The number of nitrogens with one attached hydrogen (secondary N) is 1. The Kier molecular flexibility index (Phi) is 4.84. The first-order valence-corrected chi connectivity index (χ1v) is 12.9. The Morgan fingerprint density at radius 3 is 2.62 bits per heavy atom. The smallest absolute Gasteiger partial charge is 0.257 e. The van der Waals surface area contributed by atoms with Crippen LogP contribution in [0.3, 0.4) is 0 Å². The number of carbonyl (C=O) groups excluding carboxylic acids is 1. The van der Waals surface area contributed by atoms with E-state index in [1.807, 2.05) is 41.4 Å². The third-order valence-corrected chi connectivity index (χ3v) is 8.44. The standard InChI is InChI=1S/C26H22N4O3S/c31-26(22-15-28-13-18-5-10-29-25(18)22)30-11-7-17(8-12-30)24-20-4-2-1-3-19(20)16-34(32,33)23-6-9-27-14-21(23)24/h1-6,9-10,13-15,29H,7-8,11-12,16H2. The van der Waals surface area contributed by atoms with Crippen LogP contribution in [-0.4, -0.2) is 47.3 Å². The van der Waals surface area contributed by atoms with Gasteiger partial charge in [0.25, 0.3) is 5.91 Å². The van der Waals surface area contributed by atoms with Crippen molar-refractivity contribution in [3.63, 3.8) is 0 Å². The van der Waals surface area contributed by atoms with Gasteiger partial charge in [0.15, 0.2) is 9.84 Å². The number of nitrogens with zero attached hydrogens (tertiary/aromatic N) is 3. The Balaban J connectivity index is 1.39. The molecule has 0 spiro atoms. The highest BCUT2D eigenvalue weighted by atomic mass is 32.2. The van der Waals surface area contributed by atoms with Crippen LogP contribution in [0.5, 0.6) is 0 Å². The van der Waals surface area contributed by atoms with Crippen molar-refractivity contribution in [3.05, 3.63) is 95.2 Å². The summed E-state index contributed by atoms with van der Waals surface area (Å²) in [4.78, 5) is 27.1. The molecule has 1 N–H and O–H groups in total. The lowest BCUT2D eigenvalue weighted by Gasteiger charge is -2.30. The molecule has 6 rings (SSSR count). The second kappa shape index (κ2) is 7.92. The average molecular weight is 471 g/mol. The van der Waals surface area contributed by atoms with Gasteiger partial charge in [0.1, 0.15) is 0 Å². The van der Waals surface area contributed by atoms with Gasteiger partial charge in [-0.2, -0.15) is 0 Å². The number of hydrogen-bond acceptors (Lipinski definition) is 5. The number of likely N-dealkylation sites (tertiary alicyclic amines) is 1. The molecular weight excluding hydrogens is 448 g/mol. The Bertz CT molecular complexity index is 1580. The third-order valence-electron chi connectivity index (χ3n) is 6.72. The van der Waals surface area contributed by atoms with Crippen molar-refractivity contribution in [3.8, 4) is 0 Å². The van der Waals surface area contributed by atoms with E-state index in [1.54, 1.807) is 24.7 Å². The lowest BCUT2D eigenvalue weighted by atomic mass is 9.87. The number of aromatic nitrogens is 3. The molecule has 1 aromatic carbocycles. The van der Waals surface area contributed by atoms with Crippen LogP contribution < -0.4 is 0 Å². The summed E-state index contributed by atoms with van der Waals surface area (Å²) in [5.74, 6) is -0.0788. The molecule has 4 aromatic rings. The number of fused-ring (bicyclic) bond motifs is 3. The van der Waals surface area contributed by atoms with Crippen molar-refractivity contribution in [2.45, 2.75) is 23.5 Å². The normalized spacial score (nSPS) is 17.2. The quantitative estimate of drug-likeness (QED) is 0.454. The molecule has 34 heavy (non-hydrogen) atoms. The Labute approximate surface area is 197 Å². The van der Waals surface area contributed by atoms with Crippen molar-refractivity contribution in [1.82, 2.24) is 19.9 Å². The molecule has 7 nitrogen and oxygen atoms in total. The number of benzene rings is 1. The van der Waals surface area contributed by atoms with E-state index in [9.17, 15) is 13.2 Å². The highest BCUT2D eigenvalue weighted by Gasteiger charge is 2.31. The SMILES string of the molecule is O=C(c1cncc2cc[nH]c12)N1CCC(=C2c3ccccc3CS(=O)(=O)c3ccncc32)CC1. The highest BCUT2D eigenvalue weighted by Crippen LogP contribution is 2.40. The second-order valence-electron chi connectivity index (χ2n) is 8.69. The minimum absolute atomic E-state index is 0.0330. The molecule has 0 bridgehead atoms. The van der Waals surface area contributed by atoms with Gasteiger partial charge in [-0.3, -0.25) is 14.8 Å². The summed E-state index contributed by atoms with van der Waals surface area (Å²) in [7, 11) is -3.49. The van der Waals surface area contributed by atoms with E-state index >= 15 is 0 Å². The van der Waals surface area contributed by atoms with Gasteiger partial charge in [0.05, 0.1) is 21.7 Å². The Morgan fingerprint density at radius 2 is 1.76 bits per heavy atom. The summed E-state index contributed by atoms with van der Waals surface area (Å²) in [6.45, 7) is 1.11. The van der Waals surface area contributed by atoms with Crippen molar-refractivity contribution in [2.75, 3.05) is 13.1 Å². The summed E-state index contributed by atoms with van der Waals surface area (Å²) in [5.41, 5.74) is 5.85. The van der Waals surface area contributed by atoms with Gasteiger partial charge < -0.3 is 9.88 Å². The molecule has 1 fully saturated rings. The fourth-order valence-corrected chi connectivity index (χ4v) is 6.66. The zero-order chi connectivity index (χ0) is 23.3. The van der Waals surface area contributed by atoms with Gasteiger partial charge in [-0.05, 0) is 41.7 Å². The average Bonchev–Trinajstić information content (AvgIpc) is 3.31. The lowest BCUT2D eigenvalue weighted by molar-refractivity contribution is 0.0745. The molecule has 2 aliphatic heterocycles. The molecule has 1 amide bonds. The number of aromatic amines is 1. The number of sulfone groups is 1. The number of rotatable bonds is 1. The molecular formula is C26H22N4O3S. The molecule has 0 aliphatic carbocycles. The van der Waals surface area contributed by atoms with E-state index in [0.717, 1.165) is 33.2 Å². The van der Waals surface area contributed by atoms with Crippen molar-refractivity contribution >= 4 is 32.2 Å². The Morgan fingerprint density at radius 1 is 0.941 bits per heavy atom. The fourth-order valence-electron chi connectivity index (χ4n) is 5.08. The van der Waals surface area contributed by atoms with E-state index in [1.165, 1.54) is 6.20 Å². The minimum Gasteiger partial charge on any atom is -0.360 e. The van der Waals surface area contributed by atoms with Gasteiger partial charge >= 0.3 is 0 Å². The van der Waals surface area contributed by atoms with E-state index in [4.69, 9.17) is 0 Å². The fraction of sp³-hybridized carbons (Fsp3) is 0.192. The zero-order valence-electron chi connectivity index (χ0n) is 18.4. The molecule has 0 atom stereocenters. The molecule has 170 valence electrons. The van der Waals surface area contributed by atoms with Gasteiger partial charge in [0.2, 0.25) is 0 Å². The van der Waals surface area contributed by atoms with E-state index in [2.05, 4.69) is 15.0 Å². The summed E-state index contributed by atoms with van der Waals surface area (Å²) >= 11 is 0. The number of H-pyrrole nitrogens is 1. The maximum absolute atomic E-state index is 13.3. The minimum atomic E-state index is -3.49. The van der Waals surface area contributed by atoms with Crippen molar-refractivity contribution in [2.24, 2.45) is 0 Å². The maximum Gasteiger partial charge on any atom is 0.257 e. The number of carbonyl (C=O) groups is 1. The first-order chi connectivity index (χ1) is 16.5. The molecule has 1 saturated heterocycles. The van der Waals surface area contributed by atoms with Crippen LogP contribution in [0.1, 0.15) is 39.9 Å². The Hall–Kier alpha value is -3.78. The molecule has 0 saturated carbocycles. The number of amides is 1. The van der Waals surface area contributed by atoms with Crippen LogP contribution in [-0.2, 0) is 15.6 Å². The maximum atomic E-state index is 13.3. The molecule has 5 heterocycles. The van der Waals surface area contributed by atoms with E-state index in [0.29, 0.717) is 42.0 Å². The molecule has 8 heteroatoms. The summed E-state index contributed by atoms with van der Waals surface area (Å²) in [5, 5.41) is 0.908. The van der Waals surface area contributed by atoms with Gasteiger partial charge in [-0.1, -0.05) is 29.8 Å². The van der Waals surface area contributed by atoms with Crippen LogP contribution in [0.4, 0.5) is 0 Å². The van der Waals surface area contributed by atoms with Crippen LogP contribution in [0.25, 0.3) is 16.5 Å². The van der Waals surface area contributed by atoms with Crippen molar-refractivity contribution in [1.29, 1.82) is 0 Å². The van der Waals surface area contributed by atoms with Gasteiger partial charge in [-0.15, -0.1) is 0 Å². The predicted molar refractivity (Wildman–Crippen MR) is 129 cm³/mol. The second-order valence-corrected chi connectivity index (χ2v) is 10.6. The molecule has 3 aromatic heterocycles. The molecule has 2 aliphatic rings. The largest absolute Gasteiger partial charge is 0.360 e. The first-order valence-electron chi connectivity index (χ1n) is 11.2. The van der Waals surface area contributed by atoms with Crippen LogP contribution in [0.15, 0.2) is 77.9 Å². The topological polar surface area (TPSA) is 96.0 Å². The monoisotopic (exact) mass is 470 g/mol. The molecule has 0 radical (unpaired) electrons. The lowest BCUT2D eigenvalue weighted by Crippen LogP contribution is -2.36. The highest BCUT2D eigenvalue weighted by molar-refractivity contribution is 7.90. The summed E-state index contributed by atoms with van der Waals surface area (Å²) in [6.07, 6.45) is 9.69. The van der Waals surface area contributed by atoms with Crippen LogP contribution >= 0.6 is 0 Å². The first kappa shape index (κ1) is 20.8. The van der Waals surface area contributed by atoms with Crippen molar-refractivity contribution < 1.29 is 13.2 Å². The number of piperidine rings is 1. The van der Waals surface area contributed by atoms with Gasteiger partial charge in [-0.25, -0.2) is 8.42 Å². The zero-order valence-corrected chi connectivity index (χ0v) is 19.2.